The molecule has 0 saturated carbocycles. The number of hydrogen-bond acceptors (Lipinski definition) is 0. The van der Waals surface area contributed by atoms with Crippen molar-refractivity contribution in [3.05, 3.63) is 68.9 Å². The summed E-state index contributed by atoms with van der Waals surface area (Å²) in [6, 6.07) is 12.8. The molecule has 2 aromatic rings. The second-order valence-corrected chi connectivity index (χ2v) is 6.94. The van der Waals surface area contributed by atoms with Gasteiger partial charge in [0.15, 0.2) is 0 Å². The molecule has 106 valence electrons. The highest BCUT2D eigenvalue weighted by Crippen LogP contribution is 2.43. The zero-order valence-corrected chi connectivity index (χ0v) is 14.2. The topological polar surface area (TPSA) is 0 Å². The first-order valence-electron chi connectivity index (χ1n) is 6.18. The van der Waals surface area contributed by atoms with E-state index in [1.807, 2.05) is 44.2 Å². The van der Waals surface area contributed by atoms with Gasteiger partial charge in [0.05, 0.1) is 10.4 Å². The number of hydrogen-bond donors (Lipinski definition) is 0. The van der Waals surface area contributed by atoms with Crippen molar-refractivity contribution in [2.75, 3.05) is 0 Å². The summed E-state index contributed by atoms with van der Waals surface area (Å²) in [5.74, 6) is -0.356. The minimum Gasteiger partial charge on any atom is -0.207 e. The van der Waals surface area contributed by atoms with Gasteiger partial charge in [0, 0.05) is 15.5 Å². The van der Waals surface area contributed by atoms with Crippen LogP contribution in [0, 0.1) is 5.82 Å². The molecule has 0 radical (unpaired) electrons. The Morgan fingerprint density at radius 1 is 1.15 bits per heavy atom. The predicted octanol–water partition coefficient (Wildman–Crippen LogP) is 6.50. The minimum atomic E-state index is -0.518. The van der Waals surface area contributed by atoms with Crippen LogP contribution in [0.15, 0.2) is 46.9 Å². The van der Waals surface area contributed by atoms with Crippen molar-refractivity contribution in [3.8, 4) is 0 Å². The van der Waals surface area contributed by atoms with Gasteiger partial charge >= 0.3 is 0 Å². The van der Waals surface area contributed by atoms with E-state index in [4.69, 9.17) is 23.2 Å². The summed E-state index contributed by atoms with van der Waals surface area (Å²) in [7, 11) is 0. The second-order valence-electron chi connectivity index (χ2n) is 5.24. The van der Waals surface area contributed by atoms with Crippen molar-refractivity contribution in [2.24, 2.45) is 0 Å². The lowest BCUT2D eigenvalue weighted by atomic mass is 9.78. The fraction of sp³-hybridized carbons (Fsp3) is 0.250. The molecule has 20 heavy (non-hydrogen) atoms. The van der Waals surface area contributed by atoms with E-state index in [-0.39, 0.29) is 5.82 Å². The lowest BCUT2D eigenvalue weighted by Crippen LogP contribution is -2.24. The first-order chi connectivity index (χ1) is 9.34. The van der Waals surface area contributed by atoms with Gasteiger partial charge in [0.25, 0.3) is 0 Å². The standard InChI is InChI=1S/C16H14BrCl2F/c1-16(2,10-6-4-3-5-7-10)15(19)11-8-13(18)12(17)9-14(11)20/h3-9,15H,1-2H3. The van der Waals surface area contributed by atoms with E-state index in [1.165, 1.54) is 6.07 Å². The highest BCUT2D eigenvalue weighted by Gasteiger charge is 2.33. The molecule has 0 nitrogen and oxygen atoms in total. The van der Waals surface area contributed by atoms with Gasteiger partial charge in [-0.3, -0.25) is 0 Å². The summed E-state index contributed by atoms with van der Waals surface area (Å²) in [5, 5.41) is -0.0635. The summed E-state index contributed by atoms with van der Waals surface area (Å²) in [6.45, 7) is 3.99. The molecule has 0 aliphatic carbocycles. The van der Waals surface area contributed by atoms with E-state index >= 15 is 0 Å². The van der Waals surface area contributed by atoms with E-state index in [0.717, 1.165) is 5.56 Å². The van der Waals surface area contributed by atoms with Crippen LogP contribution in [0.4, 0.5) is 4.39 Å². The van der Waals surface area contributed by atoms with Crippen molar-refractivity contribution in [1.82, 2.24) is 0 Å². The molecule has 0 saturated heterocycles. The monoisotopic (exact) mass is 374 g/mol. The number of benzene rings is 2. The van der Waals surface area contributed by atoms with Gasteiger partial charge in [-0.25, -0.2) is 4.39 Å². The van der Waals surface area contributed by atoms with Gasteiger partial charge in [0.2, 0.25) is 0 Å². The third kappa shape index (κ3) is 3.03. The van der Waals surface area contributed by atoms with Crippen LogP contribution in [-0.2, 0) is 5.41 Å². The van der Waals surface area contributed by atoms with Crippen LogP contribution in [0.3, 0.4) is 0 Å². The Bertz CT molecular complexity index is 611. The average molecular weight is 376 g/mol. The van der Waals surface area contributed by atoms with Gasteiger partial charge < -0.3 is 0 Å². The van der Waals surface area contributed by atoms with Crippen molar-refractivity contribution >= 4 is 39.1 Å². The minimum absolute atomic E-state index is 0.356. The van der Waals surface area contributed by atoms with E-state index in [1.54, 1.807) is 6.07 Å². The number of halogens is 4. The molecule has 0 fully saturated rings. The third-order valence-corrected chi connectivity index (χ3v) is 5.44. The largest absolute Gasteiger partial charge is 0.207 e. The molecule has 0 heterocycles. The fourth-order valence-corrected chi connectivity index (χ4v) is 2.92. The zero-order chi connectivity index (χ0) is 14.9. The average Bonchev–Trinajstić information content (AvgIpc) is 2.43. The molecular weight excluding hydrogens is 362 g/mol. The molecule has 0 aliphatic heterocycles. The lowest BCUT2D eigenvalue weighted by molar-refractivity contribution is 0.484. The van der Waals surface area contributed by atoms with Crippen LogP contribution < -0.4 is 0 Å². The lowest BCUT2D eigenvalue weighted by Gasteiger charge is -2.31. The van der Waals surface area contributed by atoms with Crippen LogP contribution in [0.5, 0.6) is 0 Å². The number of rotatable bonds is 3. The summed E-state index contributed by atoms with van der Waals surface area (Å²) < 4.78 is 14.7. The zero-order valence-electron chi connectivity index (χ0n) is 11.1. The quantitative estimate of drug-likeness (QED) is 0.424. The summed E-state index contributed by atoms with van der Waals surface area (Å²) >= 11 is 15.8. The van der Waals surface area contributed by atoms with E-state index in [9.17, 15) is 4.39 Å². The molecule has 2 aromatic carbocycles. The predicted molar refractivity (Wildman–Crippen MR) is 87.2 cm³/mol. The molecule has 0 amide bonds. The molecule has 1 unspecified atom stereocenters. The molecule has 1 atom stereocenters. The number of alkyl halides is 1. The first kappa shape index (κ1) is 15.8. The second kappa shape index (κ2) is 6.05. The van der Waals surface area contributed by atoms with Crippen molar-refractivity contribution < 1.29 is 4.39 Å². The molecule has 0 aliphatic rings. The van der Waals surface area contributed by atoms with Crippen LogP contribution in [-0.4, -0.2) is 0 Å². The molecule has 0 spiro atoms. The Morgan fingerprint density at radius 3 is 2.35 bits per heavy atom. The highest BCUT2D eigenvalue weighted by molar-refractivity contribution is 9.10. The van der Waals surface area contributed by atoms with E-state index in [2.05, 4.69) is 15.9 Å². The third-order valence-electron chi connectivity index (χ3n) is 3.46. The van der Waals surface area contributed by atoms with Gasteiger partial charge in [-0.1, -0.05) is 55.8 Å². The van der Waals surface area contributed by atoms with Crippen LogP contribution >= 0.6 is 39.1 Å². The normalized spacial score (nSPS) is 13.3. The van der Waals surface area contributed by atoms with Gasteiger partial charge in [-0.15, -0.1) is 11.6 Å². The summed E-state index contributed by atoms with van der Waals surface area (Å²) in [5.41, 5.74) is 1.05. The Balaban J connectivity index is 2.45. The van der Waals surface area contributed by atoms with Gasteiger partial charge in [0.1, 0.15) is 5.82 Å². The Labute approximate surface area is 137 Å². The van der Waals surface area contributed by atoms with E-state index in [0.29, 0.717) is 15.1 Å². The van der Waals surface area contributed by atoms with Crippen LogP contribution in [0.25, 0.3) is 0 Å². The Morgan fingerprint density at radius 2 is 1.75 bits per heavy atom. The fourth-order valence-electron chi connectivity index (χ4n) is 2.13. The molecule has 0 aromatic heterocycles. The van der Waals surface area contributed by atoms with Crippen molar-refractivity contribution in [2.45, 2.75) is 24.6 Å². The van der Waals surface area contributed by atoms with Crippen molar-refractivity contribution in [1.29, 1.82) is 0 Å². The maximum atomic E-state index is 14.2. The molecule has 4 heteroatoms. The molecule has 0 N–H and O–H groups in total. The Hall–Kier alpha value is -0.570. The first-order valence-corrected chi connectivity index (χ1v) is 7.79. The van der Waals surface area contributed by atoms with Gasteiger partial charge in [-0.2, -0.15) is 0 Å². The molecule has 0 bridgehead atoms. The highest BCUT2D eigenvalue weighted by atomic mass is 79.9. The Kier molecular flexibility index (Phi) is 4.78. The van der Waals surface area contributed by atoms with Crippen LogP contribution in [0.1, 0.15) is 30.4 Å². The SMILES string of the molecule is CC(C)(c1ccccc1)C(Cl)c1cc(Cl)c(Br)cc1F. The maximum absolute atomic E-state index is 14.2. The molecule has 2 rings (SSSR count). The summed E-state index contributed by atoms with van der Waals surface area (Å²) in [6.07, 6.45) is 0. The summed E-state index contributed by atoms with van der Waals surface area (Å²) in [4.78, 5) is 0. The smallest absolute Gasteiger partial charge is 0.129 e. The maximum Gasteiger partial charge on any atom is 0.129 e. The van der Waals surface area contributed by atoms with Crippen molar-refractivity contribution in [3.63, 3.8) is 0 Å². The van der Waals surface area contributed by atoms with Crippen LogP contribution in [0.2, 0.25) is 5.02 Å². The molecular formula is C16H14BrCl2F. The van der Waals surface area contributed by atoms with Gasteiger partial charge in [-0.05, 0) is 33.6 Å². The van der Waals surface area contributed by atoms with E-state index < -0.39 is 10.8 Å².